The van der Waals surface area contributed by atoms with Crippen LogP contribution in [0.5, 0.6) is 0 Å². The van der Waals surface area contributed by atoms with Gasteiger partial charge < -0.3 is 0 Å². The highest BCUT2D eigenvalue weighted by molar-refractivity contribution is 9.10. The maximum atomic E-state index is 13.7. The van der Waals surface area contributed by atoms with Crippen LogP contribution < -0.4 is 11.3 Å². The average Bonchev–Trinajstić information content (AvgIpc) is 2.91. The van der Waals surface area contributed by atoms with Gasteiger partial charge in [-0.2, -0.15) is 5.10 Å². The molecule has 2 aromatic rings. The summed E-state index contributed by atoms with van der Waals surface area (Å²) < 4.78 is 28.7. The van der Waals surface area contributed by atoms with Gasteiger partial charge in [0.25, 0.3) is 0 Å². The summed E-state index contributed by atoms with van der Waals surface area (Å²) >= 11 is 3.07. The summed E-state index contributed by atoms with van der Waals surface area (Å²) in [5, 5.41) is 4.14. The molecule has 0 fully saturated rings. The molecule has 21 heavy (non-hydrogen) atoms. The summed E-state index contributed by atoms with van der Waals surface area (Å²) in [5.41, 5.74) is 3.13. The number of nitrogens with two attached hydrogens (primary N) is 1. The van der Waals surface area contributed by atoms with E-state index in [2.05, 4.69) is 31.4 Å². The maximum Gasteiger partial charge on any atom is 0.173 e. The van der Waals surface area contributed by atoms with Crippen molar-refractivity contribution >= 4 is 15.9 Å². The molecule has 0 radical (unpaired) electrons. The number of aromatic nitrogens is 3. The molecule has 0 saturated carbocycles. The van der Waals surface area contributed by atoms with Gasteiger partial charge in [0.2, 0.25) is 0 Å². The van der Waals surface area contributed by atoms with Gasteiger partial charge >= 0.3 is 0 Å². The molecule has 0 aliphatic carbocycles. The van der Waals surface area contributed by atoms with Gasteiger partial charge in [-0.1, -0.05) is 6.07 Å². The molecule has 1 atom stereocenters. The summed E-state index contributed by atoms with van der Waals surface area (Å²) in [6.45, 7) is 3.97. The van der Waals surface area contributed by atoms with Crippen LogP contribution >= 0.6 is 15.9 Å². The minimum atomic E-state index is -0.932. The highest BCUT2D eigenvalue weighted by Crippen LogP contribution is 2.29. The molecule has 1 aromatic carbocycles. The van der Waals surface area contributed by atoms with Gasteiger partial charge in [-0.05, 0) is 41.4 Å². The Morgan fingerprint density at radius 1 is 1.38 bits per heavy atom. The fourth-order valence-corrected chi connectivity index (χ4v) is 2.70. The van der Waals surface area contributed by atoms with Gasteiger partial charge in [-0.15, -0.1) is 0 Å². The number of halogens is 3. The van der Waals surface area contributed by atoms with Crippen molar-refractivity contribution in [3.05, 3.63) is 46.0 Å². The number of hydrogen-bond acceptors (Lipinski definition) is 4. The topological polar surface area (TPSA) is 68.8 Å². The van der Waals surface area contributed by atoms with Crippen molar-refractivity contribution in [2.75, 3.05) is 0 Å². The molecule has 1 unspecified atom stereocenters. The summed E-state index contributed by atoms with van der Waals surface area (Å²) in [6.07, 6.45) is 1.86. The second kappa shape index (κ2) is 6.59. The van der Waals surface area contributed by atoms with Crippen molar-refractivity contribution < 1.29 is 8.78 Å². The SMILES string of the molecule is CC(C)n1ncnc1CC(NN)c1ccc(F)c(F)c1Br. The molecule has 2 rings (SSSR count). The lowest BCUT2D eigenvalue weighted by molar-refractivity contribution is 0.461. The van der Waals surface area contributed by atoms with E-state index in [1.54, 1.807) is 4.68 Å². The molecule has 0 aliphatic rings. The first-order valence-electron chi connectivity index (χ1n) is 6.43. The van der Waals surface area contributed by atoms with E-state index in [0.29, 0.717) is 17.8 Å². The van der Waals surface area contributed by atoms with E-state index in [1.165, 1.54) is 12.4 Å². The standard InChI is InChI=1S/C13H16BrF2N5/c1-7(2)21-11(18-6-19-21)5-10(20-17)8-3-4-9(15)13(16)12(8)14/h3-4,6-7,10,20H,5,17H2,1-2H3. The molecule has 1 heterocycles. The lowest BCUT2D eigenvalue weighted by Crippen LogP contribution is -2.31. The summed E-state index contributed by atoms with van der Waals surface area (Å²) in [6, 6.07) is 2.29. The van der Waals surface area contributed by atoms with Crippen LogP contribution in [-0.4, -0.2) is 14.8 Å². The van der Waals surface area contributed by atoms with Crippen molar-refractivity contribution in [3.8, 4) is 0 Å². The summed E-state index contributed by atoms with van der Waals surface area (Å²) in [5.74, 6) is 4.43. The molecular weight excluding hydrogens is 344 g/mol. The highest BCUT2D eigenvalue weighted by Gasteiger charge is 2.21. The minimum Gasteiger partial charge on any atom is -0.271 e. The van der Waals surface area contributed by atoms with Gasteiger partial charge in [0.05, 0.1) is 10.5 Å². The zero-order valence-electron chi connectivity index (χ0n) is 11.6. The zero-order chi connectivity index (χ0) is 15.6. The van der Waals surface area contributed by atoms with Gasteiger partial charge in [0, 0.05) is 12.5 Å². The Labute approximate surface area is 129 Å². The van der Waals surface area contributed by atoms with Crippen LogP contribution in [0.2, 0.25) is 0 Å². The molecular formula is C13H16BrF2N5. The quantitative estimate of drug-likeness (QED) is 0.489. The number of rotatable bonds is 5. The smallest absolute Gasteiger partial charge is 0.173 e. The first-order valence-corrected chi connectivity index (χ1v) is 7.22. The molecule has 114 valence electrons. The van der Waals surface area contributed by atoms with E-state index in [9.17, 15) is 8.78 Å². The largest absolute Gasteiger partial charge is 0.271 e. The second-order valence-electron chi connectivity index (χ2n) is 4.90. The summed E-state index contributed by atoms with van der Waals surface area (Å²) in [4.78, 5) is 4.19. The van der Waals surface area contributed by atoms with Crippen LogP contribution in [0.1, 0.15) is 37.3 Å². The van der Waals surface area contributed by atoms with E-state index < -0.39 is 17.7 Å². The number of hydrazine groups is 1. The third-order valence-corrected chi connectivity index (χ3v) is 3.97. The van der Waals surface area contributed by atoms with Gasteiger partial charge in [0.1, 0.15) is 12.2 Å². The lowest BCUT2D eigenvalue weighted by atomic mass is 10.0. The van der Waals surface area contributed by atoms with E-state index >= 15 is 0 Å². The van der Waals surface area contributed by atoms with Crippen LogP contribution in [0.15, 0.2) is 22.9 Å². The first kappa shape index (κ1) is 16.0. The molecule has 5 nitrogen and oxygen atoms in total. The van der Waals surface area contributed by atoms with Crippen molar-refractivity contribution in [2.45, 2.75) is 32.4 Å². The molecule has 0 saturated heterocycles. The van der Waals surface area contributed by atoms with Crippen molar-refractivity contribution in [1.29, 1.82) is 0 Å². The molecule has 0 amide bonds. The van der Waals surface area contributed by atoms with Crippen molar-refractivity contribution in [1.82, 2.24) is 20.2 Å². The van der Waals surface area contributed by atoms with Crippen LogP contribution in [0, 0.1) is 11.6 Å². The van der Waals surface area contributed by atoms with Crippen LogP contribution in [0.25, 0.3) is 0 Å². The molecule has 0 bridgehead atoms. The van der Waals surface area contributed by atoms with Gasteiger partial charge in [0.15, 0.2) is 11.6 Å². The normalized spacial score (nSPS) is 12.9. The van der Waals surface area contributed by atoms with Crippen molar-refractivity contribution in [3.63, 3.8) is 0 Å². The van der Waals surface area contributed by atoms with E-state index in [1.807, 2.05) is 13.8 Å². The predicted octanol–water partition coefficient (Wildman–Crippen LogP) is 2.65. The van der Waals surface area contributed by atoms with Crippen molar-refractivity contribution in [2.24, 2.45) is 5.84 Å². The van der Waals surface area contributed by atoms with E-state index in [4.69, 9.17) is 5.84 Å². The van der Waals surface area contributed by atoms with Gasteiger partial charge in [-0.3, -0.25) is 11.3 Å². The van der Waals surface area contributed by atoms with E-state index in [-0.39, 0.29) is 10.5 Å². The maximum absolute atomic E-state index is 13.7. The van der Waals surface area contributed by atoms with Gasteiger partial charge in [-0.25, -0.2) is 18.4 Å². The van der Waals surface area contributed by atoms with Crippen LogP contribution in [-0.2, 0) is 6.42 Å². The molecule has 0 spiro atoms. The molecule has 0 aliphatic heterocycles. The first-order chi connectivity index (χ1) is 9.95. The third kappa shape index (κ3) is 3.28. The minimum absolute atomic E-state index is 0.0565. The third-order valence-electron chi connectivity index (χ3n) is 3.16. The summed E-state index contributed by atoms with van der Waals surface area (Å²) in [7, 11) is 0. The van der Waals surface area contributed by atoms with E-state index in [0.717, 1.165) is 6.07 Å². The molecule has 8 heteroatoms. The number of nitrogens with zero attached hydrogens (tertiary/aromatic N) is 3. The number of nitrogens with one attached hydrogen (secondary N) is 1. The monoisotopic (exact) mass is 359 g/mol. The van der Waals surface area contributed by atoms with Crippen LogP contribution in [0.4, 0.5) is 8.78 Å². The Hall–Kier alpha value is -1.38. The predicted molar refractivity (Wildman–Crippen MR) is 78.2 cm³/mol. The Balaban J connectivity index is 2.33. The number of hydrogen-bond donors (Lipinski definition) is 2. The second-order valence-corrected chi connectivity index (χ2v) is 5.70. The fourth-order valence-electron chi connectivity index (χ4n) is 2.10. The zero-order valence-corrected chi connectivity index (χ0v) is 13.2. The van der Waals surface area contributed by atoms with Crippen LogP contribution in [0.3, 0.4) is 0 Å². The fraction of sp³-hybridized carbons (Fsp3) is 0.385. The lowest BCUT2D eigenvalue weighted by Gasteiger charge is -2.19. The average molecular weight is 360 g/mol. The molecule has 1 aromatic heterocycles. The molecule has 3 N–H and O–H groups in total. The highest BCUT2D eigenvalue weighted by atomic mass is 79.9. The Morgan fingerprint density at radius 2 is 2.10 bits per heavy atom. The number of benzene rings is 1. The Morgan fingerprint density at radius 3 is 2.71 bits per heavy atom. The Kier molecular flexibility index (Phi) is 5.02. The Bertz CT molecular complexity index is 629.